The van der Waals surface area contributed by atoms with Gasteiger partial charge in [0.1, 0.15) is 17.2 Å². The Hall–Kier alpha value is -4.03. The van der Waals surface area contributed by atoms with E-state index in [2.05, 4.69) is 15.9 Å². The van der Waals surface area contributed by atoms with Gasteiger partial charge in [-0.05, 0) is 65.7 Å². The predicted octanol–water partition coefficient (Wildman–Crippen LogP) is 7.49. The minimum absolute atomic E-state index is 0.110. The molecule has 0 aliphatic heterocycles. The van der Waals surface area contributed by atoms with E-state index in [9.17, 15) is 4.79 Å². The van der Waals surface area contributed by atoms with E-state index in [4.69, 9.17) is 14.2 Å². The summed E-state index contributed by atoms with van der Waals surface area (Å²) in [5.74, 6) is 1.99. The largest absolute Gasteiger partial charge is 0.497 e. The van der Waals surface area contributed by atoms with E-state index in [1.54, 1.807) is 26.2 Å². The van der Waals surface area contributed by atoms with Crippen LogP contribution in [0.5, 0.6) is 17.2 Å². The van der Waals surface area contributed by atoms with Crippen LogP contribution in [0.25, 0.3) is 12.2 Å². The highest BCUT2D eigenvalue weighted by Crippen LogP contribution is 2.33. The highest BCUT2D eigenvalue weighted by Gasteiger charge is 2.22. The molecule has 6 heteroatoms. The third kappa shape index (κ3) is 6.40. The molecule has 0 radical (unpaired) electrons. The van der Waals surface area contributed by atoms with Gasteiger partial charge in [-0.2, -0.15) is 0 Å². The lowest BCUT2D eigenvalue weighted by molar-refractivity contribution is 0.0985. The van der Waals surface area contributed by atoms with Crippen molar-refractivity contribution >= 4 is 39.7 Å². The highest BCUT2D eigenvalue weighted by atomic mass is 79.9. The summed E-state index contributed by atoms with van der Waals surface area (Å²) in [7, 11) is 4.89. The molecular formula is C31H28BrNO4. The number of carbonyl (C=O) groups excluding carboxylic acids is 1. The molecule has 37 heavy (non-hydrogen) atoms. The Balaban J connectivity index is 1.78. The van der Waals surface area contributed by atoms with Crippen molar-refractivity contribution in [2.24, 2.45) is 0 Å². The summed E-state index contributed by atoms with van der Waals surface area (Å²) in [6.45, 7) is 0.300. The lowest BCUT2D eigenvalue weighted by Crippen LogP contribution is -2.31. The van der Waals surface area contributed by atoms with Gasteiger partial charge in [0.2, 0.25) is 0 Å². The molecule has 0 aliphatic rings. The SMILES string of the molecule is COc1ccc(C=Cc2cc(OC)cc(OC)c2CN(C(=O)c2ccc(Br)cc2)c2ccccc2)cc1. The first-order chi connectivity index (χ1) is 18.0. The van der Waals surface area contributed by atoms with Crippen LogP contribution in [-0.2, 0) is 6.54 Å². The maximum atomic E-state index is 13.7. The number of hydrogen-bond donors (Lipinski definition) is 0. The molecule has 1 amide bonds. The van der Waals surface area contributed by atoms with Gasteiger partial charge >= 0.3 is 0 Å². The number of nitrogens with zero attached hydrogens (tertiary/aromatic N) is 1. The van der Waals surface area contributed by atoms with Gasteiger partial charge in [-0.15, -0.1) is 0 Å². The molecule has 0 atom stereocenters. The molecule has 0 spiro atoms. The number of para-hydroxylation sites is 1. The zero-order valence-corrected chi connectivity index (χ0v) is 22.6. The molecule has 188 valence electrons. The summed E-state index contributed by atoms with van der Waals surface area (Å²) in [5.41, 5.74) is 4.14. The van der Waals surface area contributed by atoms with E-state index in [0.717, 1.165) is 32.6 Å². The molecule has 0 bridgehead atoms. The maximum absolute atomic E-state index is 13.7. The van der Waals surface area contributed by atoms with Gasteiger partial charge in [-0.3, -0.25) is 4.79 Å². The standard InChI is InChI=1S/C31H28BrNO4/c1-35-27-17-10-22(11-18-27)9-12-24-19-28(36-2)20-30(37-3)29(24)21-33(26-7-5-4-6-8-26)31(34)23-13-15-25(32)16-14-23/h4-20H,21H2,1-3H3. The zero-order valence-electron chi connectivity index (χ0n) is 21.0. The molecule has 0 heterocycles. The van der Waals surface area contributed by atoms with Crippen LogP contribution in [0.4, 0.5) is 5.69 Å². The van der Waals surface area contributed by atoms with Gasteiger partial charge in [-0.1, -0.05) is 58.4 Å². The number of anilines is 1. The van der Waals surface area contributed by atoms with Crippen molar-refractivity contribution in [3.05, 3.63) is 118 Å². The monoisotopic (exact) mass is 557 g/mol. The van der Waals surface area contributed by atoms with Gasteiger partial charge in [0, 0.05) is 27.4 Å². The van der Waals surface area contributed by atoms with Crippen molar-refractivity contribution in [3.8, 4) is 17.2 Å². The van der Waals surface area contributed by atoms with E-state index in [0.29, 0.717) is 23.6 Å². The van der Waals surface area contributed by atoms with Crippen LogP contribution in [0.15, 0.2) is 95.5 Å². The molecule has 0 saturated heterocycles. The molecule has 0 aliphatic carbocycles. The number of rotatable bonds is 9. The number of ether oxygens (including phenoxy) is 3. The van der Waals surface area contributed by atoms with Crippen LogP contribution in [-0.4, -0.2) is 27.2 Å². The van der Waals surface area contributed by atoms with E-state index < -0.39 is 0 Å². The van der Waals surface area contributed by atoms with Crippen molar-refractivity contribution in [2.45, 2.75) is 6.54 Å². The van der Waals surface area contributed by atoms with Crippen molar-refractivity contribution in [1.82, 2.24) is 0 Å². The Labute approximate surface area is 226 Å². The van der Waals surface area contributed by atoms with Crippen LogP contribution in [0.1, 0.15) is 27.0 Å². The van der Waals surface area contributed by atoms with Crippen molar-refractivity contribution < 1.29 is 19.0 Å². The number of benzene rings is 4. The minimum atomic E-state index is -0.110. The second-order valence-electron chi connectivity index (χ2n) is 8.24. The molecule has 0 fully saturated rings. The average molecular weight is 558 g/mol. The molecule has 4 rings (SSSR count). The molecule has 4 aromatic rings. The second-order valence-corrected chi connectivity index (χ2v) is 9.15. The highest BCUT2D eigenvalue weighted by molar-refractivity contribution is 9.10. The van der Waals surface area contributed by atoms with Gasteiger partial charge < -0.3 is 19.1 Å². The molecule has 0 N–H and O–H groups in total. The van der Waals surface area contributed by atoms with Crippen LogP contribution in [0.2, 0.25) is 0 Å². The molecule has 0 saturated carbocycles. The maximum Gasteiger partial charge on any atom is 0.258 e. The third-order valence-corrected chi connectivity index (χ3v) is 6.49. The molecule has 0 aromatic heterocycles. The summed E-state index contributed by atoms with van der Waals surface area (Å²) in [6, 6.07) is 28.6. The fourth-order valence-corrected chi connectivity index (χ4v) is 4.22. The lowest BCUT2D eigenvalue weighted by atomic mass is 10.0. The van der Waals surface area contributed by atoms with Crippen LogP contribution in [0, 0.1) is 0 Å². The van der Waals surface area contributed by atoms with E-state index in [1.165, 1.54) is 0 Å². The quantitative estimate of drug-likeness (QED) is 0.200. The lowest BCUT2D eigenvalue weighted by Gasteiger charge is -2.25. The Kier molecular flexibility index (Phi) is 8.64. The van der Waals surface area contributed by atoms with Gasteiger partial charge in [0.05, 0.1) is 27.9 Å². The first-order valence-electron chi connectivity index (χ1n) is 11.7. The average Bonchev–Trinajstić information content (AvgIpc) is 2.95. The number of hydrogen-bond acceptors (Lipinski definition) is 4. The Morgan fingerprint density at radius 1 is 0.784 bits per heavy atom. The summed E-state index contributed by atoms with van der Waals surface area (Å²) in [4.78, 5) is 15.5. The fourth-order valence-electron chi connectivity index (χ4n) is 3.95. The summed E-state index contributed by atoms with van der Waals surface area (Å²) < 4.78 is 17.5. The Morgan fingerprint density at radius 3 is 2.08 bits per heavy atom. The van der Waals surface area contributed by atoms with E-state index >= 15 is 0 Å². The Bertz CT molecular complexity index is 1370. The summed E-state index contributed by atoms with van der Waals surface area (Å²) in [6.07, 6.45) is 4.02. The first-order valence-corrected chi connectivity index (χ1v) is 12.5. The molecule has 5 nitrogen and oxygen atoms in total. The minimum Gasteiger partial charge on any atom is -0.497 e. The third-order valence-electron chi connectivity index (χ3n) is 5.96. The number of halogens is 1. The van der Waals surface area contributed by atoms with Crippen LogP contribution < -0.4 is 19.1 Å². The number of methoxy groups -OCH3 is 3. The topological polar surface area (TPSA) is 48.0 Å². The molecule has 0 unspecified atom stereocenters. The van der Waals surface area contributed by atoms with Gasteiger partial charge in [0.15, 0.2) is 0 Å². The van der Waals surface area contributed by atoms with Crippen molar-refractivity contribution in [3.63, 3.8) is 0 Å². The number of carbonyl (C=O) groups is 1. The Morgan fingerprint density at radius 2 is 1.46 bits per heavy atom. The van der Waals surface area contributed by atoms with Gasteiger partial charge in [0.25, 0.3) is 5.91 Å². The van der Waals surface area contributed by atoms with Crippen LogP contribution in [0.3, 0.4) is 0 Å². The van der Waals surface area contributed by atoms with Gasteiger partial charge in [-0.25, -0.2) is 0 Å². The fraction of sp³-hybridized carbons (Fsp3) is 0.129. The van der Waals surface area contributed by atoms with E-state index in [-0.39, 0.29) is 5.91 Å². The predicted molar refractivity (Wildman–Crippen MR) is 153 cm³/mol. The van der Waals surface area contributed by atoms with Crippen molar-refractivity contribution in [1.29, 1.82) is 0 Å². The van der Waals surface area contributed by atoms with Crippen molar-refractivity contribution in [2.75, 3.05) is 26.2 Å². The first kappa shape index (κ1) is 26.0. The smallest absolute Gasteiger partial charge is 0.258 e. The summed E-state index contributed by atoms with van der Waals surface area (Å²) >= 11 is 3.45. The number of amides is 1. The molecular weight excluding hydrogens is 530 g/mol. The normalized spacial score (nSPS) is 10.8. The van der Waals surface area contributed by atoms with Crippen LogP contribution >= 0.6 is 15.9 Å². The second kappa shape index (κ2) is 12.3. The zero-order chi connectivity index (χ0) is 26.2. The summed E-state index contributed by atoms with van der Waals surface area (Å²) in [5, 5.41) is 0. The van der Waals surface area contributed by atoms with E-state index in [1.807, 2.05) is 103 Å². The molecule has 4 aromatic carbocycles.